The van der Waals surface area contributed by atoms with E-state index < -0.39 is 30.3 Å². The summed E-state index contributed by atoms with van der Waals surface area (Å²) in [7, 11) is 0. The number of allylic oxidation sites excluding steroid dienone is 1. The van der Waals surface area contributed by atoms with Crippen LogP contribution in [0.1, 0.15) is 18.9 Å². The van der Waals surface area contributed by atoms with Gasteiger partial charge in [0.2, 0.25) is 0 Å². The molecule has 0 aromatic heterocycles. The molecule has 5 nitrogen and oxygen atoms in total. The van der Waals surface area contributed by atoms with E-state index in [0.717, 1.165) is 12.1 Å². The van der Waals surface area contributed by atoms with Gasteiger partial charge in [-0.25, -0.2) is 8.78 Å². The van der Waals surface area contributed by atoms with Crippen molar-refractivity contribution < 1.29 is 41.2 Å². The molecular weight excluding hydrogens is 396 g/mol. The van der Waals surface area contributed by atoms with Crippen LogP contribution in [0.5, 0.6) is 5.75 Å². The van der Waals surface area contributed by atoms with E-state index in [9.17, 15) is 17.6 Å². The lowest BCUT2D eigenvalue weighted by molar-refractivity contribution is -0.278. The van der Waals surface area contributed by atoms with Crippen molar-refractivity contribution >= 4 is 0 Å². The minimum absolute atomic E-state index is 0.0570. The molecule has 0 atom stereocenters. The van der Waals surface area contributed by atoms with Crippen molar-refractivity contribution in [2.45, 2.75) is 39.0 Å². The molecule has 29 heavy (non-hydrogen) atoms. The normalized spacial score (nSPS) is 28.2. The molecule has 0 aliphatic carbocycles. The summed E-state index contributed by atoms with van der Waals surface area (Å²) in [6, 6.07) is 1.94. The first-order valence-electron chi connectivity index (χ1n) is 9.48. The first-order chi connectivity index (χ1) is 14.0. The van der Waals surface area contributed by atoms with Gasteiger partial charge in [0.15, 0.2) is 30.0 Å². The third-order valence-electron chi connectivity index (χ3n) is 4.72. The average molecular weight is 420 g/mol. The Labute approximate surface area is 166 Å². The van der Waals surface area contributed by atoms with Crippen molar-refractivity contribution in [2.75, 3.05) is 26.4 Å². The monoisotopic (exact) mass is 420 g/mol. The SMILES string of the molecule is CC=CC1COC(C2COC(CCc3cc(F)c(OC(F)F)c(F)c3)OC2)OC1. The van der Waals surface area contributed by atoms with E-state index >= 15 is 0 Å². The van der Waals surface area contributed by atoms with Crippen LogP contribution in [0.3, 0.4) is 0 Å². The Balaban J connectivity index is 1.43. The van der Waals surface area contributed by atoms with Crippen LogP contribution in [-0.4, -0.2) is 45.6 Å². The zero-order chi connectivity index (χ0) is 20.8. The number of ether oxygens (including phenoxy) is 5. The largest absolute Gasteiger partial charge is 0.429 e. The van der Waals surface area contributed by atoms with E-state index in [1.807, 2.05) is 19.1 Å². The molecule has 0 amide bonds. The maximum atomic E-state index is 13.8. The summed E-state index contributed by atoms with van der Waals surface area (Å²) in [6.07, 6.45) is 3.69. The van der Waals surface area contributed by atoms with Gasteiger partial charge in [0.05, 0.1) is 32.3 Å². The molecule has 0 unspecified atom stereocenters. The first kappa shape index (κ1) is 22.0. The fraction of sp³-hybridized carbons (Fsp3) is 0.600. The molecule has 0 saturated carbocycles. The number of rotatable bonds is 7. The second kappa shape index (κ2) is 10.4. The van der Waals surface area contributed by atoms with Gasteiger partial charge in [-0.15, -0.1) is 0 Å². The maximum Gasteiger partial charge on any atom is 0.387 e. The highest BCUT2D eigenvalue weighted by atomic mass is 19.3. The Morgan fingerprint density at radius 1 is 1.03 bits per heavy atom. The van der Waals surface area contributed by atoms with E-state index in [4.69, 9.17) is 18.9 Å². The van der Waals surface area contributed by atoms with Gasteiger partial charge in [-0.05, 0) is 31.0 Å². The molecule has 2 aliphatic heterocycles. The van der Waals surface area contributed by atoms with Crippen LogP contribution in [0.25, 0.3) is 0 Å². The number of hydrogen-bond acceptors (Lipinski definition) is 5. The molecule has 1 aromatic carbocycles. The van der Waals surface area contributed by atoms with Crippen molar-refractivity contribution in [2.24, 2.45) is 11.8 Å². The number of benzene rings is 1. The minimum Gasteiger partial charge on any atom is -0.429 e. The Hall–Kier alpha value is -1.68. The van der Waals surface area contributed by atoms with Crippen molar-refractivity contribution in [1.29, 1.82) is 0 Å². The maximum absolute atomic E-state index is 13.8. The van der Waals surface area contributed by atoms with E-state index in [1.54, 1.807) is 0 Å². The zero-order valence-electron chi connectivity index (χ0n) is 16.0. The van der Waals surface area contributed by atoms with Crippen molar-refractivity contribution in [3.63, 3.8) is 0 Å². The van der Waals surface area contributed by atoms with Crippen LogP contribution in [0.4, 0.5) is 17.6 Å². The predicted molar refractivity (Wildman–Crippen MR) is 94.5 cm³/mol. The fourth-order valence-electron chi connectivity index (χ4n) is 3.31. The van der Waals surface area contributed by atoms with Gasteiger partial charge in [-0.3, -0.25) is 0 Å². The topological polar surface area (TPSA) is 46.2 Å². The highest BCUT2D eigenvalue weighted by molar-refractivity contribution is 5.31. The molecule has 0 N–H and O–H groups in total. The Bertz CT molecular complexity index is 660. The molecule has 2 aliphatic rings. The van der Waals surface area contributed by atoms with E-state index in [2.05, 4.69) is 4.74 Å². The Morgan fingerprint density at radius 3 is 2.21 bits per heavy atom. The second-order valence-corrected chi connectivity index (χ2v) is 6.98. The van der Waals surface area contributed by atoms with Gasteiger partial charge < -0.3 is 23.7 Å². The minimum atomic E-state index is -3.30. The van der Waals surface area contributed by atoms with Crippen molar-refractivity contribution in [3.05, 3.63) is 41.5 Å². The van der Waals surface area contributed by atoms with E-state index in [0.29, 0.717) is 38.4 Å². The Morgan fingerprint density at radius 2 is 1.66 bits per heavy atom. The zero-order valence-corrected chi connectivity index (χ0v) is 16.0. The van der Waals surface area contributed by atoms with Crippen LogP contribution < -0.4 is 4.74 Å². The first-order valence-corrected chi connectivity index (χ1v) is 9.48. The highest BCUT2D eigenvalue weighted by Gasteiger charge is 2.33. The van der Waals surface area contributed by atoms with Crippen molar-refractivity contribution in [3.8, 4) is 5.75 Å². The molecule has 162 valence electrons. The molecule has 1 aromatic rings. The molecule has 9 heteroatoms. The molecule has 0 bridgehead atoms. The van der Waals surface area contributed by atoms with Gasteiger partial charge in [-0.2, -0.15) is 8.78 Å². The summed E-state index contributed by atoms with van der Waals surface area (Å²) < 4.78 is 78.6. The van der Waals surface area contributed by atoms with Gasteiger partial charge in [0, 0.05) is 12.3 Å². The highest BCUT2D eigenvalue weighted by Crippen LogP contribution is 2.27. The quantitative estimate of drug-likeness (QED) is 0.492. The van der Waals surface area contributed by atoms with Crippen LogP contribution in [0.2, 0.25) is 0 Å². The molecule has 2 fully saturated rings. The summed E-state index contributed by atoms with van der Waals surface area (Å²) in [6.45, 7) is 0.576. The number of aryl methyl sites for hydroxylation is 1. The number of hydrogen-bond donors (Lipinski definition) is 0. The number of halogens is 4. The lowest BCUT2D eigenvalue weighted by Crippen LogP contribution is -2.44. The molecule has 3 rings (SSSR count). The van der Waals surface area contributed by atoms with Gasteiger partial charge in [-0.1, -0.05) is 12.2 Å². The molecule has 0 radical (unpaired) electrons. The van der Waals surface area contributed by atoms with E-state index in [-0.39, 0.29) is 24.5 Å². The van der Waals surface area contributed by atoms with Crippen LogP contribution >= 0.6 is 0 Å². The summed E-state index contributed by atoms with van der Waals surface area (Å²) in [4.78, 5) is 0. The van der Waals surface area contributed by atoms with Gasteiger partial charge >= 0.3 is 6.61 Å². The number of alkyl halides is 2. The summed E-state index contributed by atoms with van der Waals surface area (Å²) >= 11 is 0. The second-order valence-electron chi connectivity index (χ2n) is 6.98. The van der Waals surface area contributed by atoms with Crippen molar-refractivity contribution in [1.82, 2.24) is 0 Å². The van der Waals surface area contributed by atoms with E-state index in [1.165, 1.54) is 0 Å². The summed E-state index contributed by atoms with van der Waals surface area (Å²) in [5.41, 5.74) is 0.296. The lowest BCUT2D eigenvalue weighted by Gasteiger charge is -2.37. The van der Waals surface area contributed by atoms with Gasteiger partial charge in [0.1, 0.15) is 0 Å². The summed E-state index contributed by atoms with van der Waals surface area (Å²) in [5.74, 6) is -3.24. The molecule has 2 heterocycles. The molecule has 2 saturated heterocycles. The summed E-state index contributed by atoms with van der Waals surface area (Å²) in [5, 5.41) is 0. The lowest BCUT2D eigenvalue weighted by atomic mass is 10.1. The average Bonchev–Trinajstić information content (AvgIpc) is 2.70. The van der Waals surface area contributed by atoms with Crippen LogP contribution in [0.15, 0.2) is 24.3 Å². The fourth-order valence-corrected chi connectivity index (χ4v) is 3.31. The molecular formula is C20H24F4O5. The Kier molecular flexibility index (Phi) is 7.88. The van der Waals surface area contributed by atoms with Crippen LogP contribution in [-0.2, 0) is 25.4 Å². The van der Waals surface area contributed by atoms with Gasteiger partial charge in [0.25, 0.3) is 0 Å². The molecule has 0 spiro atoms. The third kappa shape index (κ3) is 6.15. The smallest absolute Gasteiger partial charge is 0.387 e. The third-order valence-corrected chi connectivity index (χ3v) is 4.72. The van der Waals surface area contributed by atoms with Crippen LogP contribution in [0, 0.1) is 23.5 Å². The predicted octanol–water partition coefficient (Wildman–Crippen LogP) is 4.05. The standard InChI is InChI=1S/C20H24F4O5/c1-2-3-13-8-27-19(28-9-13)14-10-25-17(26-11-14)5-4-12-6-15(21)18(16(22)7-12)29-20(23)24/h2-3,6-7,13-14,17,19-20H,4-5,8-11H2,1H3.